The van der Waals surface area contributed by atoms with Gasteiger partial charge in [0.1, 0.15) is 0 Å². The zero-order valence-electron chi connectivity index (χ0n) is 9.12. The van der Waals surface area contributed by atoms with Crippen molar-refractivity contribution in [2.24, 2.45) is 0 Å². The summed E-state index contributed by atoms with van der Waals surface area (Å²) in [6.07, 6.45) is 0. The van der Waals surface area contributed by atoms with Gasteiger partial charge in [0.25, 0.3) is 0 Å². The van der Waals surface area contributed by atoms with Crippen LogP contribution in [0.15, 0.2) is 0 Å². The third-order valence-electron chi connectivity index (χ3n) is 1.07. The highest BCUT2D eigenvalue weighted by Crippen LogP contribution is 2.95. The Balaban J connectivity index is 4.37. The molecule has 0 bridgehead atoms. The van der Waals surface area contributed by atoms with E-state index >= 15 is 0 Å². The lowest BCUT2D eigenvalue weighted by atomic mass is 10.9. The SMILES string of the molecule is O=C(NCNC(=O)NS(F)(F)(F)(F)F)NS(F)(F)(F)(F)F. The molecule has 0 spiro atoms. The normalized spacial score (nSPS) is 19.1. The van der Waals surface area contributed by atoms with Gasteiger partial charge in [-0.1, -0.05) is 38.9 Å². The first-order chi connectivity index (χ1) is 8.45. The topological polar surface area (TPSA) is 82.3 Å². The maximum absolute atomic E-state index is 11.7. The summed E-state index contributed by atoms with van der Waals surface area (Å²) in [5.74, 6) is 0. The Bertz CT molecular complexity index is 421. The zero-order chi connectivity index (χ0) is 17.5. The summed E-state index contributed by atoms with van der Waals surface area (Å²) < 4.78 is 115. The molecule has 0 saturated carbocycles. The van der Waals surface area contributed by atoms with Crippen LogP contribution >= 0.6 is 20.8 Å². The number of carbonyl (C=O) groups excluding carboxylic acids is 2. The minimum absolute atomic E-state index is 0.691. The third-order valence-corrected chi connectivity index (χ3v) is 2.21. The molecule has 4 amide bonds. The van der Waals surface area contributed by atoms with Crippen LogP contribution in [0.25, 0.3) is 0 Å². The first-order valence-electron chi connectivity index (χ1n) is 4.07. The fourth-order valence-electron chi connectivity index (χ4n) is 0.627. The monoisotopic (exact) mass is 384 g/mol. The van der Waals surface area contributed by atoms with Crippen LogP contribution in [0.2, 0.25) is 0 Å². The molecule has 0 fully saturated rings. The van der Waals surface area contributed by atoms with Gasteiger partial charge < -0.3 is 10.6 Å². The van der Waals surface area contributed by atoms with Gasteiger partial charge in [-0.2, -0.15) is 0 Å². The molecule has 0 atom stereocenters. The number of hydrogen-bond acceptors (Lipinski definition) is 2. The van der Waals surface area contributed by atoms with Gasteiger partial charge in [0.05, 0.1) is 6.67 Å². The van der Waals surface area contributed by atoms with E-state index in [0.717, 1.165) is 10.6 Å². The molecule has 18 heteroatoms. The molecule has 21 heavy (non-hydrogen) atoms. The van der Waals surface area contributed by atoms with E-state index in [0.29, 0.717) is 0 Å². The fourth-order valence-corrected chi connectivity index (χ4v) is 1.47. The lowest BCUT2D eigenvalue weighted by molar-refractivity contribution is 0.234. The second-order valence-corrected chi connectivity index (χ2v) is 7.61. The largest absolute Gasteiger partial charge is 0.365 e. The maximum Gasteiger partial charge on any atom is 0.365 e. The molecular weight excluding hydrogens is 378 g/mol. The molecule has 0 aromatic heterocycles. The van der Waals surface area contributed by atoms with Gasteiger partial charge in [-0.25, -0.2) is 19.0 Å². The van der Waals surface area contributed by atoms with Crippen LogP contribution < -0.4 is 20.1 Å². The lowest BCUT2D eigenvalue weighted by Crippen LogP contribution is -2.49. The average molecular weight is 384 g/mol. The van der Waals surface area contributed by atoms with Crippen molar-refractivity contribution >= 4 is 32.9 Å². The number of nitrogens with one attached hydrogen (secondary N) is 4. The molecule has 0 radical (unpaired) electrons. The van der Waals surface area contributed by atoms with E-state index in [-0.39, 0.29) is 0 Å². The van der Waals surface area contributed by atoms with Crippen molar-refractivity contribution in [1.29, 1.82) is 0 Å². The number of hydrogen-bond donors (Lipinski definition) is 4. The lowest BCUT2D eigenvalue weighted by Gasteiger charge is -2.40. The summed E-state index contributed by atoms with van der Waals surface area (Å²) in [6.45, 7) is -1.58. The van der Waals surface area contributed by atoms with E-state index in [4.69, 9.17) is 0 Å². The van der Waals surface area contributed by atoms with E-state index in [2.05, 4.69) is 0 Å². The minimum Gasteiger partial charge on any atom is -0.320 e. The Morgan fingerprint density at radius 1 is 0.619 bits per heavy atom. The summed E-state index contributed by atoms with van der Waals surface area (Å²) in [4.78, 5) is 20.7. The molecule has 0 unspecified atom stereocenters. The highest BCUT2D eigenvalue weighted by molar-refractivity contribution is 8.44. The molecule has 6 nitrogen and oxygen atoms in total. The molecule has 0 aliphatic heterocycles. The highest BCUT2D eigenvalue weighted by atomic mass is 32.5. The van der Waals surface area contributed by atoms with Crippen LogP contribution in [-0.4, -0.2) is 18.7 Å². The number of urea groups is 2. The van der Waals surface area contributed by atoms with Crippen molar-refractivity contribution < 1.29 is 48.4 Å². The van der Waals surface area contributed by atoms with Crippen molar-refractivity contribution in [2.75, 3.05) is 6.67 Å². The van der Waals surface area contributed by atoms with Crippen molar-refractivity contribution in [3.63, 3.8) is 0 Å². The summed E-state index contributed by atoms with van der Waals surface area (Å²) in [5, 5.41) is 1.68. The predicted molar refractivity (Wildman–Crippen MR) is 54.5 cm³/mol. The van der Waals surface area contributed by atoms with Crippen LogP contribution in [0.1, 0.15) is 0 Å². The van der Waals surface area contributed by atoms with E-state index in [1.54, 1.807) is 0 Å². The Labute approximate surface area is 109 Å². The molecular formula is C3H6F10N4O2S2. The quantitative estimate of drug-likeness (QED) is 0.437. The summed E-state index contributed by atoms with van der Waals surface area (Å²) in [6, 6.07) is -5.25. The second kappa shape index (κ2) is 3.65. The van der Waals surface area contributed by atoms with Gasteiger partial charge in [0.2, 0.25) is 0 Å². The highest BCUT2D eigenvalue weighted by Gasteiger charge is 2.66. The number of amides is 4. The molecule has 0 aromatic carbocycles. The van der Waals surface area contributed by atoms with Crippen LogP contribution in [-0.2, 0) is 0 Å². The fraction of sp³-hybridized carbons (Fsp3) is 0.333. The van der Waals surface area contributed by atoms with E-state index in [9.17, 15) is 48.4 Å². The molecule has 0 rings (SSSR count). The Hall–Kier alpha value is -1.46. The molecule has 0 heterocycles. The maximum atomic E-state index is 11.7. The van der Waals surface area contributed by atoms with E-state index in [1.807, 2.05) is 0 Å². The summed E-state index contributed by atoms with van der Waals surface area (Å²) in [5.41, 5.74) is 0. The Morgan fingerprint density at radius 3 is 1.05 bits per heavy atom. The van der Waals surface area contributed by atoms with Crippen molar-refractivity contribution in [3.05, 3.63) is 0 Å². The van der Waals surface area contributed by atoms with Crippen LogP contribution in [0.3, 0.4) is 0 Å². The first-order valence-corrected chi connectivity index (χ1v) is 7.97. The number of rotatable bonds is 4. The second-order valence-electron chi connectivity index (χ2n) is 3.33. The van der Waals surface area contributed by atoms with Gasteiger partial charge in [-0.3, -0.25) is 0 Å². The first kappa shape index (κ1) is 19.5. The van der Waals surface area contributed by atoms with Gasteiger partial charge >= 0.3 is 32.9 Å². The smallest absolute Gasteiger partial charge is 0.320 e. The number of carbonyl (C=O) groups is 2. The minimum atomic E-state index is -10.3. The van der Waals surface area contributed by atoms with Crippen molar-refractivity contribution in [1.82, 2.24) is 20.1 Å². The van der Waals surface area contributed by atoms with Crippen molar-refractivity contribution in [2.45, 2.75) is 0 Å². The molecule has 0 aromatic rings. The molecule has 0 aliphatic rings. The Kier molecular flexibility index (Phi) is 3.39. The third kappa shape index (κ3) is 14.8. The standard InChI is InChI=1S/C3H6F10N4O2S2/c4-20(5,6,7,8)16-2(18)14-1-15-3(19)17-21(9,10,11,12)13/h1H2,(H2,14,16,18)(H2,15,17,19). The number of halogens is 10. The van der Waals surface area contributed by atoms with Gasteiger partial charge in [-0.15, -0.1) is 0 Å². The van der Waals surface area contributed by atoms with Crippen LogP contribution in [0.4, 0.5) is 48.4 Å². The predicted octanol–water partition coefficient (Wildman–Crippen LogP) is 3.97. The van der Waals surface area contributed by atoms with E-state index < -0.39 is 49.0 Å². The van der Waals surface area contributed by atoms with Crippen molar-refractivity contribution in [3.8, 4) is 0 Å². The van der Waals surface area contributed by atoms with E-state index in [1.165, 1.54) is 0 Å². The Morgan fingerprint density at radius 2 is 0.857 bits per heavy atom. The molecule has 132 valence electrons. The van der Waals surface area contributed by atoms with Gasteiger partial charge in [0, 0.05) is 0 Å². The molecule has 0 aliphatic carbocycles. The zero-order valence-corrected chi connectivity index (χ0v) is 10.8. The van der Waals surface area contributed by atoms with Gasteiger partial charge in [-0.05, 0) is 0 Å². The molecule has 0 saturated heterocycles. The summed E-state index contributed by atoms with van der Waals surface area (Å²) in [7, 11) is -20.7. The molecule has 4 N–H and O–H groups in total. The van der Waals surface area contributed by atoms with Crippen LogP contribution in [0.5, 0.6) is 0 Å². The summed E-state index contributed by atoms with van der Waals surface area (Å²) >= 11 is 0. The van der Waals surface area contributed by atoms with Crippen LogP contribution in [0, 0.1) is 0 Å². The van der Waals surface area contributed by atoms with Gasteiger partial charge in [0.15, 0.2) is 0 Å². The average Bonchev–Trinajstić information content (AvgIpc) is 1.88.